The maximum absolute atomic E-state index is 12.8. The highest BCUT2D eigenvalue weighted by Gasteiger charge is 2.27. The van der Waals surface area contributed by atoms with Crippen LogP contribution in [0.5, 0.6) is 0 Å². The number of nitrogens with one attached hydrogen (secondary N) is 2. The molecular formula is C20H25Cl2N3O. The standard InChI is InChI=1S/C20H23N3O.2ClH/c1-13-2-5-18-16(10-13)17(11-19(23-18)15-3-4-15)20(24)22-12-14-6-8-21-9-7-14;;/h2,5-6,10-11,15,21H,3-4,7-9,12H2,1H3,(H,22,24);2*1H. The van der Waals surface area contributed by atoms with Crippen molar-refractivity contribution in [1.82, 2.24) is 15.6 Å². The number of rotatable bonds is 4. The molecule has 1 fully saturated rings. The first kappa shape index (κ1) is 20.7. The number of nitrogens with zero attached hydrogens (tertiary/aromatic N) is 1. The Hall–Kier alpha value is -1.62. The number of carbonyl (C=O) groups excluding carboxylic acids is 1. The number of benzene rings is 1. The molecule has 140 valence electrons. The minimum absolute atomic E-state index is 0. The van der Waals surface area contributed by atoms with Crippen LogP contribution in [-0.2, 0) is 0 Å². The first-order valence-corrected chi connectivity index (χ1v) is 8.79. The molecule has 2 N–H and O–H groups in total. The molecule has 4 rings (SSSR count). The Bertz CT molecular complexity index is 831. The van der Waals surface area contributed by atoms with Crippen molar-refractivity contribution in [2.45, 2.75) is 32.1 Å². The van der Waals surface area contributed by atoms with E-state index in [9.17, 15) is 4.79 Å². The van der Waals surface area contributed by atoms with Crippen molar-refractivity contribution in [3.63, 3.8) is 0 Å². The van der Waals surface area contributed by atoms with E-state index in [1.165, 1.54) is 18.4 Å². The van der Waals surface area contributed by atoms with Gasteiger partial charge in [0.05, 0.1) is 11.1 Å². The molecule has 1 aliphatic carbocycles. The molecule has 1 aliphatic heterocycles. The van der Waals surface area contributed by atoms with E-state index in [0.29, 0.717) is 12.5 Å². The van der Waals surface area contributed by atoms with E-state index in [4.69, 9.17) is 4.98 Å². The Morgan fingerprint density at radius 3 is 2.77 bits per heavy atom. The molecule has 6 heteroatoms. The highest BCUT2D eigenvalue weighted by Crippen LogP contribution is 2.40. The lowest BCUT2D eigenvalue weighted by Gasteiger charge is -2.15. The number of amides is 1. The van der Waals surface area contributed by atoms with Gasteiger partial charge in [0, 0.05) is 30.1 Å². The molecule has 1 aromatic carbocycles. The topological polar surface area (TPSA) is 54.0 Å². The van der Waals surface area contributed by atoms with Crippen LogP contribution in [0.2, 0.25) is 0 Å². The molecule has 4 nitrogen and oxygen atoms in total. The highest BCUT2D eigenvalue weighted by atomic mass is 35.5. The van der Waals surface area contributed by atoms with Crippen molar-refractivity contribution >= 4 is 41.6 Å². The summed E-state index contributed by atoms with van der Waals surface area (Å²) in [4.78, 5) is 17.6. The molecule has 1 aromatic heterocycles. The number of fused-ring (bicyclic) bond motifs is 1. The van der Waals surface area contributed by atoms with Gasteiger partial charge in [0.15, 0.2) is 0 Å². The number of aryl methyl sites for hydroxylation is 1. The Balaban J connectivity index is 0.00000121. The zero-order valence-corrected chi connectivity index (χ0v) is 16.5. The van der Waals surface area contributed by atoms with Crippen molar-refractivity contribution in [2.75, 3.05) is 19.6 Å². The minimum Gasteiger partial charge on any atom is -0.348 e. The van der Waals surface area contributed by atoms with E-state index in [1.807, 2.05) is 12.1 Å². The van der Waals surface area contributed by atoms with Gasteiger partial charge in [0.1, 0.15) is 0 Å². The Kier molecular flexibility index (Phi) is 7.04. The van der Waals surface area contributed by atoms with Gasteiger partial charge in [-0.1, -0.05) is 23.3 Å². The maximum atomic E-state index is 12.8. The summed E-state index contributed by atoms with van der Waals surface area (Å²) in [6.45, 7) is 4.57. The van der Waals surface area contributed by atoms with Gasteiger partial charge < -0.3 is 10.6 Å². The Morgan fingerprint density at radius 1 is 1.27 bits per heavy atom. The van der Waals surface area contributed by atoms with Crippen molar-refractivity contribution < 1.29 is 4.79 Å². The largest absolute Gasteiger partial charge is 0.348 e. The summed E-state index contributed by atoms with van der Waals surface area (Å²) in [5.41, 5.74) is 5.21. The number of hydrogen-bond acceptors (Lipinski definition) is 3. The average molecular weight is 394 g/mol. The second-order valence-electron chi connectivity index (χ2n) is 6.89. The number of carbonyl (C=O) groups is 1. The molecule has 0 spiro atoms. The smallest absolute Gasteiger partial charge is 0.252 e. The van der Waals surface area contributed by atoms with Gasteiger partial charge in [-0.2, -0.15) is 0 Å². The zero-order chi connectivity index (χ0) is 16.5. The first-order valence-electron chi connectivity index (χ1n) is 8.79. The molecule has 1 saturated carbocycles. The quantitative estimate of drug-likeness (QED) is 0.773. The first-order chi connectivity index (χ1) is 11.7. The van der Waals surface area contributed by atoms with Gasteiger partial charge >= 0.3 is 0 Å². The Labute approximate surface area is 166 Å². The molecule has 0 saturated heterocycles. The van der Waals surface area contributed by atoms with Crippen LogP contribution < -0.4 is 10.6 Å². The van der Waals surface area contributed by atoms with E-state index in [2.05, 4.69) is 35.8 Å². The van der Waals surface area contributed by atoms with Crippen LogP contribution in [0.1, 0.15) is 46.8 Å². The Morgan fingerprint density at radius 2 is 2.08 bits per heavy atom. The molecule has 2 aromatic rings. The fourth-order valence-corrected chi connectivity index (χ4v) is 3.26. The summed E-state index contributed by atoms with van der Waals surface area (Å²) < 4.78 is 0. The highest BCUT2D eigenvalue weighted by molar-refractivity contribution is 6.06. The van der Waals surface area contributed by atoms with Crippen molar-refractivity contribution in [1.29, 1.82) is 0 Å². The van der Waals surface area contributed by atoms with Crippen LogP contribution in [0.15, 0.2) is 35.9 Å². The van der Waals surface area contributed by atoms with Gasteiger partial charge in [-0.25, -0.2) is 0 Å². The summed E-state index contributed by atoms with van der Waals surface area (Å²) in [5.74, 6) is 0.545. The normalized spacial score (nSPS) is 16.3. The van der Waals surface area contributed by atoms with Crippen LogP contribution in [-0.4, -0.2) is 30.5 Å². The molecule has 1 amide bonds. The van der Waals surface area contributed by atoms with Crippen LogP contribution in [0.3, 0.4) is 0 Å². The van der Waals surface area contributed by atoms with Gasteiger partial charge in [-0.05, 0) is 50.9 Å². The van der Waals surface area contributed by atoms with E-state index >= 15 is 0 Å². The lowest BCUT2D eigenvalue weighted by Crippen LogP contribution is -2.29. The molecule has 0 unspecified atom stereocenters. The predicted molar refractivity (Wildman–Crippen MR) is 111 cm³/mol. The molecule has 2 heterocycles. The van der Waals surface area contributed by atoms with Gasteiger partial charge in [0.2, 0.25) is 0 Å². The SMILES string of the molecule is Cc1ccc2nc(C3CC3)cc(C(=O)NCC3=CCNCC3)c2c1.Cl.Cl. The summed E-state index contributed by atoms with van der Waals surface area (Å²) >= 11 is 0. The second kappa shape index (κ2) is 8.85. The van der Waals surface area contributed by atoms with Crippen LogP contribution in [0.25, 0.3) is 10.9 Å². The van der Waals surface area contributed by atoms with Crippen LogP contribution in [0, 0.1) is 6.92 Å². The second-order valence-corrected chi connectivity index (χ2v) is 6.89. The molecular weight excluding hydrogens is 369 g/mol. The third-order valence-electron chi connectivity index (χ3n) is 4.86. The maximum Gasteiger partial charge on any atom is 0.252 e. The van der Waals surface area contributed by atoms with Crippen LogP contribution >= 0.6 is 24.8 Å². The molecule has 2 aliphatic rings. The summed E-state index contributed by atoms with van der Waals surface area (Å²) in [7, 11) is 0. The van der Waals surface area contributed by atoms with Crippen LogP contribution in [0.4, 0.5) is 0 Å². The third kappa shape index (κ3) is 4.56. The fourth-order valence-electron chi connectivity index (χ4n) is 3.26. The third-order valence-corrected chi connectivity index (χ3v) is 4.86. The van der Waals surface area contributed by atoms with Gasteiger partial charge in [0.25, 0.3) is 5.91 Å². The van der Waals surface area contributed by atoms with Crippen molar-refractivity contribution in [3.05, 3.63) is 52.7 Å². The number of halogens is 2. The van der Waals surface area contributed by atoms with E-state index in [0.717, 1.165) is 47.2 Å². The van der Waals surface area contributed by atoms with Gasteiger partial charge in [-0.3, -0.25) is 9.78 Å². The van der Waals surface area contributed by atoms with E-state index < -0.39 is 0 Å². The zero-order valence-electron chi connectivity index (χ0n) is 14.9. The van der Waals surface area contributed by atoms with Crippen molar-refractivity contribution in [2.24, 2.45) is 0 Å². The number of hydrogen-bond donors (Lipinski definition) is 2. The molecule has 0 atom stereocenters. The summed E-state index contributed by atoms with van der Waals surface area (Å²) in [5, 5.41) is 7.35. The monoisotopic (exact) mass is 393 g/mol. The molecule has 26 heavy (non-hydrogen) atoms. The lowest BCUT2D eigenvalue weighted by molar-refractivity contribution is 0.0958. The minimum atomic E-state index is 0. The van der Waals surface area contributed by atoms with Gasteiger partial charge in [-0.15, -0.1) is 24.8 Å². The van der Waals surface area contributed by atoms with E-state index in [1.54, 1.807) is 0 Å². The lowest BCUT2D eigenvalue weighted by atomic mass is 10.0. The average Bonchev–Trinajstić information content (AvgIpc) is 3.45. The number of aromatic nitrogens is 1. The summed E-state index contributed by atoms with van der Waals surface area (Å²) in [6.07, 6.45) is 5.55. The summed E-state index contributed by atoms with van der Waals surface area (Å²) in [6, 6.07) is 8.17. The number of pyridine rings is 1. The predicted octanol–water partition coefficient (Wildman–Crippen LogP) is 3.91. The molecule has 0 radical (unpaired) electrons. The fraction of sp³-hybridized carbons (Fsp3) is 0.400. The van der Waals surface area contributed by atoms with E-state index in [-0.39, 0.29) is 30.7 Å². The van der Waals surface area contributed by atoms with Crippen molar-refractivity contribution in [3.8, 4) is 0 Å². The molecule has 0 bridgehead atoms.